The zero-order chi connectivity index (χ0) is 23.1. The summed E-state index contributed by atoms with van der Waals surface area (Å²) in [7, 11) is 1.51. The number of pyridine rings is 1. The fourth-order valence-corrected chi connectivity index (χ4v) is 3.36. The number of morpholine rings is 1. The summed E-state index contributed by atoms with van der Waals surface area (Å²) in [6.07, 6.45) is -6.37. The lowest BCUT2D eigenvalue weighted by Crippen LogP contribution is -2.50. The summed E-state index contributed by atoms with van der Waals surface area (Å²) in [5.74, 6) is 0.474. The molecule has 0 unspecified atom stereocenters. The van der Waals surface area contributed by atoms with Gasteiger partial charge >= 0.3 is 12.3 Å². The van der Waals surface area contributed by atoms with Crippen LogP contribution in [0.2, 0.25) is 5.02 Å². The maximum atomic E-state index is 13.5. The maximum Gasteiger partial charge on any atom is 0.426 e. The van der Waals surface area contributed by atoms with Crippen molar-refractivity contribution < 1.29 is 32.2 Å². The molecule has 174 valence electrons. The number of alkyl halides is 3. The Morgan fingerprint density at radius 1 is 1.31 bits per heavy atom. The summed E-state index contributed by atoms with van der Waals surface area (Å²) in [5.41, 5.74) is 1.16. The number of hydrogen-bond acceptors (Lipinski definition) is 6. The zero-order valence-corrected chi connectivity index (χ0v) is 18.0. The zero-order valence-electron chi connectivity index (χ0n) is 17.3. The average molecular weight is 474 g/mol. The molecule has 1 N–H and O–H groups in total. The van der Waals surface area contributed by atoms with Crippen LogP contribution in [0.4, 0.5) is 23.7 Å². The van der Waals surface area contributed by atoms with E-state index in [2.05, 4.69) is 10.3 Å². The Morgan fingerprint density at radius 3 is 2.69 bits per heavy atom. The second-order valence-corrected chi connectivity index (χ2v) is 7.67. The number of ether oxygens (including phenoxy) is 3. The number of carbonyl (C=O) groups excluding carboxylic acids is 1. The minimum Gasteiger partial charge on any atom is -0.481 e. The predicted molar refractivity (Wildman–Crippen MR) is 112 cm³/mol. The van der Waals surface area contributed by atoms with Gasteiger partial charge < -0.3 is 14.2 Å². The second kappa shape index (κ2) is 10.8. The lowest BCUT2D eigenvalue weighted by molar-refractivity contribution is -0.209. The van der Waals surface area contributed by atoms with E-state index in [1.165, 1.54) is 31.4 Å². The number of aromatic nitrogens is 1. The van der Waals surface area contributed by atoms with E-state index in [0.717, 1.165) is 5.56 Å². The third-order valence-corrected chi connectivity index (χ3v) is 5.07. The van der Waals surface area contributed by atoms with Crippen molar-refractivity contribution in [2.75, 3.05) is 38.7 Å². The Balaban J connectivity index is 1.56. The first-order valence-corrected chi connectivity index (χ1v) is 10.2. The number of nitrogens with one attached hydrogen (secondary N) is 1. The highest BCUT2D eigenvalue weighted by molar-refractivity contribution is 6.30. The summed E-state index contributed by atoms with van der Waals surface area (Å²) in [4.78, 5) is 17.7. The lowest BCUT2D eigenvalue weighted by atomic mass is 10.1. The lowest BCUT2D eigenvalue weighted by Gasteiger charge is -2.35. The van der Waals surface area contributed by atoms with Crippen molar-refractivity contribution in [3.63, 3.8) is 0 Å². The van der Waals surface area contributed by atoms with E-state index in [-0.39, 0.29) is 24.9 Å². The first-order valence-electron chi connectivity index (χ1n) is 9.85. The van der Waals surface area contributed by atoms with Crippen molar-refractivity contribution >= 4 is 23.4 Å². The third kappa shape index (κ3) is 7.25. The highest BCUT2D eigenvalue weighted by Gasteiger charge is 2.44. The van der Waals surface area contributed by atoms with E-state index >= 15 is 0 Å². The number of hydrogen-bond donors (Lipinski definition) is 1. The van der Waals surface area contributed by atoms with Crippen LogP contribution in [0.3, 0.4) is 0 Å². The first kappa shape index (κ1) is 24.1. The smallest absolute Gasteiger partial charge is 0.426 e. The molecule has 0 radical (unpaired) electrons. The highest BCUT2D eigenvalue weighted by atomic mass is 35.5. The van der Waals surface area contributed by atoms with Crippen LogP contribution in [-0.4, -0.2) is 67.7 Å². The maximum absolute atomic E-state index is 13.5. The highest BCUT2D eigenvalue weighted by Crippen LogP contribution is 2.25. The van der Waals surface area contributed by atoms with E-state index < -0.39 is 24.9 Å². The Morgan fingerprint density at radius 2 is 2.06 bits per heavy atom. The monoisotopic (exact) mass is 473 g/mol. The van der Waals surface area contributed by atoms with Crippen LogP contribution < -0.4 is 10.1 Å². The summed E-state index contributed by atoms with van der Waals surface area (Å²) in [5, 5.41) is 2.71. The summed E-state index contributed by atoms with van der Waals surface area (Å²) in [6.45, 7) is 0.348. The van der Waals surface area contributed by atoms with Crippen LogP contribution in [0.1, 0.15) is 5.56 Å². The number of halogens is 4. The Hall–Kier alpha value is -2.56. The van der Waals surface area contributed by atoms with Gasteiger partial charge in [-0.15, -0.1) is 0 Å². The van der Waals surface area contributed by atoms with E-state index in [0.29, 0.717) is 23.9 Å². The van der Waals surface area contributed by atoms with Gasteiger partial charge in [-0.2, -0.15) is 13.2 Å². The molecule has 1 aromatic heterocycles. The van der Waals surface area contributed by atoms with Crippen LogP contribution >= 0.6 is 11.6 Å². The molecular formula is C21H23ClF3N3O4. The van der Waals surface area contributed by atoms with Crippen molar-refractivity contribution in [1.29, 1.82) is 0 Å². The van der Waals surface area contributed by atoms with Crippen LogP contribution in [-0.2, 0) is 15.9 Å². The molecule has 1 saturated heterocycles. The fourth-order valence-electron chi connectivity index (χ4n) is 3.24. The molecule has 7 nitrogen and oxygen atoms in total. The standard InChI is InChI=1S/C21H23ClF3N3O4/c1-30-19-7-2-14(11-26-19)10-17-12-28(8-9-31-17)13-18(21(23,24)25)32-20(29)27-16-5-3-15(22)4-6-16/h2-7,11,17-18H,8-10,12-13H2,1H3,(H,27,29)/t17-,18+/m1/s1. The van der Waals surface area contributed by atoms with Crippen LogP contribution in [0.5, 0.6) is 5.88 Å². The van der Waals surface area contributed by atoms with Gasteiger partial charge in [0.25, 0.3) is 0 Å². The average Bonchev–Trinajstić information content (AvgIpc) is 2.75. The molecule has 2 atom stereocenters. The number of benzene rings is 1. The Bertz CT molecular complexity index is 881. The molecule has 0 aliphatic carbocycles. The predicted octanol–water partition coefficient (Wildman–Crippen LogP) is 4.17. The molecule has 2 heterocycles. The largest absolute Gasteiger partial charge is 0.481 e. The molecule has 1 amide bonds. The molecule has 1 aromatic carbocycles. The van der Waals surface area contributed by atoms with Gasteiger partial charge in [0.2, 0.25) is 12.0 Å². The summed E-state index contributed by atoms with van der Waals surface area (Å²) < 4.78 is 56.1. The van der Waals surface area contributed by atoms with E-state index in [1.54, 1.807) is 17.2 Å². The van der Waals surface area contributed by atoms with Crippen molar-refractivity contribution in [3.8, 4) is 5.88 Å². The van der Waals surface area contributed by atoms with Crippen molar-refractivity contribution in [1.82, 2.24) is 9.88 Å². The normalized spacial score (nSPS) is 18.1. The van der Waals surface area contributed by atoms with Crippen molar-refractivity contribution in [2.24, 2.45) is 0 Å². The summed E-state index contributed by atoms with van der Waals surface area (Å²) >= 11 is 5.76. The SMILES string of the molecule is COc1ccc(C[C@@H]2CN(C[C@H](OC(=O)Nc3ccc(Cl)cc3)C(F)(F)F)CCO2)cn1. The second-order valence-electron chi connectivity index (χ2n) is 7.23. The number of carbonyl (C=O) groups is 1. The van der Waals surface area contributed by atoms with E-state index in [1.807, 2.05) is 6.07 Å². The minimum absolute atomic E-state index is 0.265. The molecule has 2 aromatic rings. The third-order valence-electron chi connectivity index (χ3n) is 4.82. The number of rotatable bonds is 7. The summed E-state index contributed by atoms with van der Waals surface area (Å²) in [6, 6.07) is 9.48. The molecule has 11 heteroatoms. The van der Waals surface area contributed by atoms with Gasteiger partial charge in [-0.05, 0) is 29.8 Å². The van der Waals surface area contributed by atoms with Gasteiger partial charge in [0.15, 0.2) is 0 Å². The van der Waals surface area contributed by atoms with Gasteiger partial charge in [-0.25, -0.2) is 9.78 Å². The topological polar surface area (TPSA) is 72.9 Å². The van der Waals surface area contributed by atoms with Gasteiger partial charge in [0.1, 0.15) is 0 Å². The molecule has 1 aliphatic rings. The van der Waals surface area contributed by atoms with Crippen molar-refractivity contribution in [3.05, 3.63) is 53.2 Å². The van der Waals surface area contributed by atoms with Crippen LogP contribution in [0, 0.1) is 0 Å². The molecule has 3 rings (SSSR count). The molecule has 0 saturated carbocycles. The first-order chi connectivity index (χ1) is 15.2. The number of amides is 1. The van der Waals surface area contributed by atoms with Gasteiger partial charge in [0, 0.05) is 49.0 Å². The molecular weight excluding hydrogens is 451 g/mol. The Labute approximate surface area is 188 Å². The van der Waals surface area contributed by atoms with Gasteiger partial charge in [-0.1, -0.05) is 17.7 Å². The van der Waals surface area contributed by atoms with E-state index in [9.17, 15) is 18.0 Å². The van der Waals surface area contributed by atoms with Crippen molar-refractivity contribution in [2.45, 2.75) is 24.8 Å². The van der Waals surface area contributed by atoms with Crippen LogP contribution in [0.25, 0.3) is 0 Å². The van der Waals surface area contributed by atoms with Crippen LogP contribution in [0.15, 0.2) is 42.6 Å². The molecule has 0 bridgehead atoms. The molecule has 1 aliphatic heterocycles. The minimum atomic E-state index is -4.72. The molecule has 0 spiro atoms. The number of methoxy groups -OCH3 is 1. The Kier molecular flexibility index (Phi) is 8.16. The molecule has 1 fully saturated rings. The van der Waals surface area contributed by atoms with Gasteiger partial charge in [-0.3, -0.25) is 10.2 Å². The van der Waals surface area contributed by atoms with Gasteiger partial charge in [0.05, 0.1) is 19.8 Å². The van der Waals surface area contributed by atoms with E-state index in [4.69, 9.17) is 25.8 Å². The number of anilines is 1. The number of nitrogens with zero attached hydrogens (tertiary/aromatic N) is 2. The molecule has 32 heavy (non-hydrogen) atoms. The quantitative estimate of drug-likeness (QED) is 0.651. The fraction of sp³-hybridized carbons (Fsp3) is 0.429.